The van der Waals surface area contributed by atoms with Crippen molar-refractivity contribution in [3.63, 3.8) is 0 Å². The SMILES string of the molecule is CC1(C)O[C@@H]([C@H](O)CO)[C@@H](CC2SCCCS2)O1. The molecule has 0 bridgehead atoms. The van der Waals surface area contributed by atoms with Gasteiger partial charge in [0.2, 0.25) is 0 Å². The van der Waals surface area contributed by atoms with Gasteiger partial charge in [0.25, 0.3) is 0 Å². The van der Waals surface area contributed by atoms with Crippen molar-refractivity contribution in [2.24, 2.45) is 0 Å². The summed E-state index contributed by atoms with van der Waals surface area (Å²) in [5.74, 6) is 1.72. The molecule has 0 aromatic carbocycles. The van der Waals surface area contributed by atoms with Crippen molar-refractivity contribution >= 4 is 23.5 Å². The topological polar surface area (TPSA) is 58.9 Å². The van der Waals surface area contributed by atoms with Crippen LogP contribution in [0.4, 0.5) is 0 Å². The average Bonchev–Trinajstić information content (AvgIpc) is 2.65. The van der Waals surface area contributed by atoms with Gasteiger partial charge in [-0.3, -0.25) is 0 Å². The van der Waals surface area contributed by atoms with Crippen molar-refractivity contribution in [3.8, 4) is 0 Å². The van der Waals surface area contributed by atoms with Crippen molar-refractivity contribution < 1.29 is 19.7 Å². The van der Waals surface area contributed by atoms with Gasteiger partial charge in [-0.25, -0.2) is 0 Å². The first-order valence-electron chi connectivity index (χ1n) is 6.39. The summed E-state index contributed by atoms with van der Waals surface area (Å²) in [6.45, 7) is 3.42. The van der Waals surface area contributed by atoms with Crippen molar-refractivity contribution in [1.29, 1.82) is 0 Å². The summed E-state index contributed by atoms with van der Waals surface area (Å²) in [7, 11) is 0. The van der Waals surface area contributed by atoms with Crippen LogP contribution in [0.1, 0.15) is 26.7 Å². The minimum atomic E-state index is -0.865. The van der Waals surface area contributed by atoms with Gasteiger partial charge >= 0.3 is 0 Å². The maximum Gasteiger partial charge on any atom is 0.163 e. The molecule has 2 heterocycles. The molecule has 4 nitrogen and oxygen atoms in total. The summed E-state index contributed by atoms with van der Waals surface area (Å²) in [6.07, 6.45) is 0.705. The van der Waals surface area contributed by atoms with Crippen LogP contribution < -0.4 is 0 Å². The molecule has 0 aromatic rings. The smallest absolute Gasteiger partial charge is 0.163 e. The Kier molecular flexibility index (Phi) is 5.25. The van der Waals surface area contributed by atoms with Crippen LogP contribution in [0.25, 0.3) is 0 Å². The summed E-state index contributed by atoms with van der Waals surface area (Å²) in [6, 6.07) is 0. The Labute approximate surface area is 117 Å². The molecule has 2 saturated heterocycles. The number of rotatable bonds is 4. The van der Waals surface area contributed by atoms with E-state index < -0.39 is 18.0 Å². The molecule has 2 rings (SSSR count). The second-order valence-electron chi connectivity index (χ2n) is 5.15. The minimum absolute atomic E-state index is 0.134. The van der Waals surface area contributed by atoms with E-state index in [-0.39, 0.29) is 12.7 Å². The predicted octanol–water partition coefficient (Wildman–Crippen LogP) is 1.45. The lowest BCUT2D eigenvalue weighted by Crippen LogP contribution is -2.39. The van der Waals surface area contributed by atoms with Crippen LogP contribution in [0.15, 0.2) is 0 Å². The van der Waals surface area contributed by atoms with Crippen molar-refractivity contribution in [2.45, 2.75) is 55.4 Å². The van der Waals surface area contributed by atoms with Gasteiger partial charge in [-0.05, 0) is 38.2 Å². The van der Waals surface area contributed by atoms with Crippen molar-refractivity contribution in [3.05, 3.63) is 0 Å². The molecular formula is C12H22O4S2. The monoisotopic (exact) mass is 294 g/mol. The Morgan fingerprint density at radius 3 is 2.56 bits per heavy atom. The number of thioether (sulfide) groups is 2. The maximum atomic E-state index is 9.82. The molecular weight excluding hydrogens is 272 g/mol. The third-order valence-electron chi connectivity index (χ3n) is 3.11. The molecule has 0 saturated carbocycles. The van der Waals surface area contributed by atoms with Crippen LogP contribution in [-0.4, -0.2) is 57.0 Å². The number of aliphatic hydroxyl groups excluding tert-OH is 2. The van der Waals surface area contributed by atoms with Gasteiger partial charge < -0.3 is 19.7 Å². The number of ether oxygens (including phenoxy) is 2. The van der Waals surface area contributed by atoms with E-state index in [1.165, 1.54) is 17.9 Å². The van der Waals surface area contributed by atoms with E-state index in [9.17, 15) is 5.11 Å². The molecule has 2 aliphatic heterocycles. The maximum absolute atomic E-state index is 9.82. The summed E-state index contributed by atoms with van der Waals surface area (Å²) in [4.78, 5) is 0. The summed E-state index contributed by atoms with van der Waals surface area (Å²) in [5, 5.41) is 18.9. The Morgan fingerprint density at radius 2 is 1.94 bits per heavy atom. The van der Waals surface area contributed by atoms with Gasteiger partial charge in [0.15, 0.2) is 5.79 Å². The van der Waals surface area contributed by atoms with Crippen LogP contribution in [0.2, 0.25) is 0 Å². The molecule has 2 aliphatic rings. The molecule has 2 N–H and O–H groups in total. The zero-order chi connectivity index (χ0) is 13.2. The third-order valence-corrected chi connectivity index (χ3v) is 6.10. The Morgan fingerprint density at radius 1 is 1.28 bits per heavy atom. The normalized spacial score (nSPS) is 34.7. The minimum Gasteiger partial charge on any atom is -0.394 e. The van der Waals surface area contributed by atoms with E-state index in [0.717, 1.165) is 6.42 Å². The molecule has 3 atom stereocenters. The molecule has 0 aliphatic carbocycles. The van der Waals surface area contributed by atoms with Crippen LogP contribution in [-0.2, 0) is 9.47 Å². The fraction of sp³-hybridized carbons (Fsp3) is 1.00. The Balaban J connectivity index is 1.95. The van der Waals surface area contributed by atoms with Gasteiger partial charge in [0, 0.05) is 0 Å². The molecule has 0 radical (unpaired) electrons. The van der Waals surface area contributed by atoms with Gasteiger partial charge in [-0.2, -0.15) is 0 Å². The van der Waals surface area contributed by atoms with Crippen molar-refractivity contribution in [2.75, 3.05) is 18.1 Å². The highest BCUT2D eigenvalue weighted by atomic mass is 32.2. The third kappa shape index (κ3) is 3.77. The average molecular weight is 294 g/mol. The lowest BCUT2D eigenvalue weighted by Gasteiger charge is -2.26. The fourth-order valence-corrected chi connectivity index (χ4v) is 5.28. The van der Waals surface area contributed by atoms with E-state index in [1.54, 1.807) is 0 Å². The van der Waals surface area contributed by atoms with E-state index >= 15 is 0 Å². The highest BCUT2D eigenvalue weighted by Crippen LogP contribution is 2.39. The number of aliphatic hydroxyl groups is 2. The first-order valence-corrected chi connectivity index (χ1v) is 8.49. The highest BCUT2D eigenvalue weighted by molar-refractivity contribution is 8.17. The van der Waals surface area contributed by atoms with Crippen LogP contribution in [0, 0.1) is 0 Å². The molecule has 2 fully saturated rings. The summed E-state index contributed by atoms with van der Waals surface area (Å²) < 4.78 is 12.1. The lowest BCUT2D eigenvalue weighted by molar-refractivity contribution is -0.157. The fourth-order valence-electron chi connectivity index (χ4n) is 2.34. The van der Waals surface area contributed by atoms with Gasteiger partial charge in [-0.1, -0.05) is 0 Å². The first-order chi connectivity index (χ1) is 8.52. The zero-order valence-electron chi connectivity index (χ0n) is 10.9. The molecule has 106 valence electrons. The molecule has 6 heteroatoms. The van der Waals surface area contributed by atoms with Crippen LogP contribution >= 0.6 is 23.5 Å². The van der Waals surface area contributed by atoms with E-state index in [4.69, 9.17) is 14.6 Å². The molecule has 18 heavy (non-hydrogen) atoms. The molecule has 0 spiro atoms. The predicted molar refractivity (Wildman–Crippen MR) is 74.9 cm³/mol. The molecule has 0 amide bonds. The molecule has 0 unspecified atom stereocenters. The first kappa shape index (κ1) is 14.9. The lowest BCUT2D eigenvalue weighted by atomic mass is 10.1. The van der Waals surface area contributed by atoms with Crippen LogP contribution in [0.5, 0.6) is 0 Å². The Hall–Kier alpha value is 0.540. The second kappa shape index (κ2) is 6.33. The largest absolute Gasteiger partial charge is 0.394 e. The van der Waals surface area contributed by atoms with Crippen molar-refractivity contribution in [1.82, 2.24) is 0 Å². The van der Waals surface area contributed by atoms with E-state index in [0.29, 0.717) is 4.58 Å². The summed E-state index contributed by atoms with van der Waals surface area (Å²) >= 11 is 3.91. The number of hydrogen-bond acceptors (Lipinski definition) is 6. The van der Waals surface area contributed by atoms with Gasteiger partial charge in [0.1, 0.15) is 12.2 Å². The summed E-state index contributed by atoms with van der Waals surface area (Å²) in [5.41, 5.74) is 0. The molecule has 0 aromatic heterocycles. The zero-order valence-corrected chi connectivity index (χ0v) is 12.5. The van der Waals surface area contributed by atoms with Gasteiger partial charge in [0.05, 0.1) is 17.3 Å². The quantitative estimate of drug-likeness (QED) is 0.818. The van der Waals surface area contributed by atoms with E-state index in [2.05, 4.69) is 0 Å². The van der Waals surface area contributed by atoms with E-state index in [1.807, 2.05) is 37.4 Å². The number of hydrogen-bond donors (Lipinski definition) is 2. The van der Waals surface area contributed by atoms with Gasteiger partial charge in [-0.15, -0.1) is 23.5 Å². The van der Waals surface area contributed by atoms with Crippen LogP contribution in [0.3, 0.4) is 0 Å². The standard InChI is InChI=1S/C12H22O4S2/c1-12(2)15-9(11(16-12)8(14)7-13)6-10-17-4-3-5-18-10/h8-11,13-14H,3-7H2,1-2H3/t8-,9-,11+/m1/s1. The Bertz CT molecular complexity index is 269. The second-order valence-corrected chi connectivity index (χ2v) is 8.07. The highest BCUT2D eigenvalue weighted by Gasteiger charge is 2.45.